The van der Waals surface area contributed by atoms with Gasteiger partial charge in [-0.2, -0.15) is 10.2 Å². The van der Waals surface area contributed by atoms with Gasteiger partial charge in [-0.05, 0) is 154 Å². The van der Waals surface area contributed by atoms with Gasteiger partial charge in [0.25, 0.3) is 0 Å². The fourth-order valence-corrected chi connectivity index (χ4v) is 5.75. The fourth-order valence-electron chi connectivity index (χ4n) is 5.03. The van der Waals surface area contributed by atoms with Crippen LogP contribution in [0.5, 0.6) is 0 Å². The van der Waals surface area contributed by atoms with E-state index in [2.05, 4.69) is 126 Å². The van der Waals surface area contributed by atoms with E-state index in [0.29, 0.717) is 0 Å². The third kappa shape index (κ3) is 7.98. The summed E-state index contributed by atoms with van der Waals surface area (Å²) in [5, 5.41) is 9.57. The number of rotatable bonds is 6. The summed E-state index contributed by atoms with van der Waals surface area (Å²) < 4.78 is 6.25. The molecule has 8 rings (SSSR count). The van der Waals surface area contributed by atoms with Crippen LogP contribution in [0.3, 0.4) is 0 Å². The first-order valence-electron chi connectivity index (χ1n) is 15.0. The summed E-state index contributed by atoms with van der Waals surface area (Å²) >= 11 is 4.60. The third-order valence-corrected chi connectivity index (χ3v) is 8.77. The maximum atomic E-state index is 4.79. The second-order valence-electron chi connectivity index (χ2n) is 10.5. The first-order valence-corrected chi connectivity index (χ1v) is 17.1. The van der Waals surface area contributed by atoms with E-state index in [1.54, 1.807) is 24.8 Å². The molecule has 0 bridgehead atoms. The highest BCUT2D eigenvalue weighted by Gasteiger charge is 2.15. The Bertz CT molecular complexity index is 2060. The Morgan fingerprint density at radius 2 is 0.939 bits per heavy atom. The molecule has 0 N–H and O–H groups in total. The predicted octanol–water partition coefficient (Wildman–Crippen LogP) is 9.84. The Morgan fingerprint density at radius 1 is 0.429 bits per heavy atom. The lowest BCUT2D eigenvalue weighted by Crippen LogP contribution is -2.00. The summed E-state index contributed by atoms with van der Waals surface area (Å²) in [6, 6.07) is 40.3. The van der Waals surface area contributed by atoms with Crippen LogP contribution in [0.2, 0.25) is 0 Å². The maximum Gasteiger partial charge on any atom is 0.112 e. The molecule has 0 aliphatic carbocycles. The number of pyridine rings is 4. The van der Waals surface area contributed by atoms with Crippen LogP contribution in [-0.2, 0) is 0 Å². The van der Waals surface area contributed by atoms with Gasteiger partial charge in [0.15, 0.2) is 0 Å². The second kappa shape index (κ2) is 15.9. The smallest absolute Gasteiger partial charge is 0.112 e. The molecule has 8 aromatic rings. The molecule has 0 aliphatic heterocycles. The van der Waals surface area contributed by atoms with Gasteiger partial charge in [-0.1, -0.05) is 19.6 Å². The summed E-state index contributed by atoms with van der Waals surface area (Å²) in [5.41, 5.74) is 9.42. The van der Waals surface area contributed by atoms with Gasteiger partial charge >= 0.3 is 0 Å². The molecule has 0 unspecified atom stereocenters. The van der Waals surface area contributed by atoms with Gasteiger partial charge in [-0.3, -0.25) is 19.9 Å². The van der Waals surface area contributed by atoms with E-state index < -0.39 is 0 Å². The molecule has 6 aromatic heterocycles. The predicted molar refractivity (Wildman–Crippen MR) is 212 cm³/mol. The maximum absolute atomic E-state index is 4.79. The quantitative estimate of drug-likeness (QED) is 0.155. The van der Waals surface area contributed by atoms with Crippen molar-refractivity contribution in [2.45, 2.75) is 7.43 Å². The van der Waals surface area contributed by atoms with Crippen molar-refractivity contribution < 1.29 is 0 Å². The number of aromatic nitrogens is 8. The molecule has 0 saturated heterocycles. The number of hydrogen-bond acceptors (Lipinski definition) is 6. The zero-order valence-electron chi connectivity index (χ0n) is 25.3. The van der Waals surface area contributed by atoms with Crippen LogP contribution in [0.1, 0.15) is 7.43 Å². The lowest BCUT2D eigenvalue weighted by molar-refractivity contribution is 0.887. The molecule has 0 fully saturated rings. The number of halogens is 2. The minimum atomic E-state index is 0. The first kappa shape index (κ1) is 33.8. The van der Waals surface area contributed by atoms with Crippen LogP contribution in [-0.4, -0.2) is 39.5 Å². The lowest BCUT2D eigenvalue weighted by atomic mass is 10.1. The van der Waals surface area contributed by atoms with Gasteiger partial charge < -0.3 is 0 Å². The summed E-state index contributed by atoms with van der Waals surface area (Å²) in [7, 11) is 0. The van der Waals surface area contributed by atoms with Gasteiger partial charge in [0.1, 0.15) is 5.69 Å². The molecule has 0 radical (unpaired) electrons. The molecular weight excluding hydrogens is 834 g/mol. The van der Waals surface area contributed by atoms with Crippen molar-refractivity contribution in [2.24, 2.45) is 0 Å². The van der Waals surface area contributed by atoms with E-state index in [9.17, 15) is 0 Å². The van der Waals surface area contributed by atoms with Crippen molar-refractivity contribution in [3.63, 3.8) is 0 Å². The van der Waals surface area contributed by atoms with E-state index in [1.165, 1.54) is 7.14 Å². The highest BCUT2D eigenvalue weighted by molar-refractivity contribution is 14.1. The van der Waals surface area contributed by atoms with E-state index in [1.807, 2.05) is 82.4 Å². The van der Waals surface area contributed by atoms with Crippen molar-refractivity contribution in [2.75, 3.05) is 0 Å². The Labute approximate surface area is 312 Å². The topological polar surface area (TPSA) is 87.2 Å². The van der Waals surface area contributed by atoms with Crippen LogP contribution in [0.25, 0.3) is 56.7 Å². The molecule has 49 heavy (non-hydrogen) atoms. The lowest BCUT2D eigenvalue weighted by Gasteiger charge is -2.07. The molecule has 10 heteroatoms. The molecule has 0 amide bonds. The Balaban J connectivity index is 0.000000167. The van der Waals surface area contributed by atoms with Crippen molar-refractivity contribution in [1.29, 1.82) is 0 Å². The van der Waals surface area contributed by atoms with E-state index >= 15 is 0 Å². The average molecular weight is 865 g/mol. The molecule has 8 nitrogen and oxygen atoms in total. The van der Waals surface area contributed by atoms with Crippen molar-refractivity contribution >= 4 is 45.2 Å². The van der Waals surface area contributed by atoms with Crippen LogP contribution in [0.15, 0.2) is 159 Å². The SMILES string of the molecule is C.Ic1ccc(-n2nc(-c3ccccn3)cc2-c2cccnc2)cc1.Ic1ccc(-n2nc(-c3cccnc3)cc2-c2ccccn2)cc1. The number of nitrogens with zero attached hydrogens (tertiary/aromatic N) is 8. The van der Waals surface area contributed by atoms with E-state index in [-0.39, 0.29) is 7.43 Å². The minimum Gasteiger partial charge on any atom is -0.264 e. The Morgan fingerprint density at radius 3 is 1.47 bits per heavy atom. The summed E-state index contributed by atoms with van der Waals surface area (Å²) in [5.74, 6) is 0. The normalized spacial score (nSPS) is 10.5. The fraction of sp³-hybridized carbons (Fsp3) is 0.0256. The monoisotopic (exact) mass is 864 g/mol. The Kier molecular flexibility index (Phi) is 11.0. The highest BCUT2D eigenvalue weighted by atomic mass is 127. The zero-order valence-corrected chi connectivity index (χ0v) is 29.7. The largest absolute Gasteiger partial charge is 0.264 e. The van der Waals surface area contributed by atoms with Crippen LogP contribution in [0, 0.1) is 7.14 Å². The van der Waals surface area contributed by atoms with Gasteiger partial charge in [-0.25, -0.2) is 9.36 Å². The van der Waals surface area contributed by atoms with E-state index in [0.717, 1.165) is 56.7 Å². The molecule has 0 saturated carbocycles. The van der Waals surface area contributed by atoms with Gasteiger partial charge in [0, 0.05) is 55.4 Å². The molecule has 0 aliphatic rings. The first-order chi connectivity index (χ1) is 23.6. The molecule has 0 atom stereocenters. The molecule has 2 aromatic carbocycles. The third-order valence-electron chi connectivity index (χ3n) is 7.33. The van der Waals surface area contributed by atoms with Gasteiger partial charge in [-0.15, -0.1) is 0 Å². The van der Waals surface area contributed by atoms with Crippen LogP contribution in [0.4, 0.5) is 0 Å². The second-order valence-corrected chi connectivity index (χ2v) is 13.0. The van der Waals surface area contributed by atoms with Crippen molar-refractivity contribution in [3.8, 4) is 56.7 Å². The average Bonchev–Trinajstić information content (AvgIpc) is 3.81. The summed E-state index contributed by atoms with van der Waals surface area (Å²) in [6.45, 7) is 0. The Hall–Kier alpha value is -5.08. The zero-order chi connectivity index (χ0) is 32.7. The molecular formula is C39H30I2N8. The van der Waals surface area contributed by atoms with Gasteiger partial charge in [0.05, 0.1) is 39.8 Å². The van der Waals surface area contributed by atoms with Crippen LogP contribution >= 0.6 is 45.2 Å². The van der Waals surface area contributed by atoms with E-state index in [4.69, 9.17) is 10.2 Å². The molecule has 0 spiro atoms. The molecule has 240 valence electrons. The van der Waals surface area contributed by atoms with Gasteiger partial charge in [0.2, 0.25) is 0 Å². The minimum absolute atomic E-state index is 0. The molecule has 6 heterocycles. The number of benzene rings is 2. The van der Waals surface area contributed by atoms with Crippen molar-refractivity contribution in [1.82, 2.24) is 39.5 Å². The van der Waals surface area contributed by atoms with Crippen molar-refractivity contribution in [3.05, 3.63) is 166 Å². The summed E-state index contributed by atoms with van der Waals surface area (Å²) in [4.78, 5) is 17.3. The standard InChI is InChI=1S/2C19H13IN4.CH4/c20-15-6-8-16(9-7-15)24-19(14-4-3-10-21-13-14)12-18(23-24)17-5-1-2-11-22-17;20-15-6-8-16(9-7-15)24-19(17-5-1-2-11-22-17)12-18(23-24)14-4-3-10-21-13-14;/h2*1-13H;1H4. The number of hydrogen-bond donors (Lipinski definition) is 0. The van der Waals surface area contributed by atoms with Crippen LogP contribution < -0.4 is 0 Å². The summed E-state index contributed by atoms with van der Waals surface area (Å²) in [6.07, 6.45) is 10.8. The highest BCUT2D eigenvalue weighted by Crippen LogP contribution is 2.29.